The van der Waals surface area contributed by atoms with E-state index in [4.69, 9.17) is 0 Å². The van der Waals surface area contributed by atoms with Crippen LogP contribution >= 0.6 is 0 Å². The molecule has 0 aromatic heterocycles. The molecule has 1 N–H and O–H groups in total. The lowest BCUT2D eigenvalue weighted by atomic mass is 10.2. The summed E-state index contributed by atoms with van der Waals surface area (Å²) < 4.78 is 0. The van der Waals surface area contributed by atoms with E-state index in [0.717, 1.165) is 26.1 Å². The van der Waals surface area contributed by atoms with E-state index >= 15 is 0 Å². The number of nitrogens with one attached hydrogen (secondary N) is 1. The Morgan fingerprint density at radius 1 is 1.04 bits per heavy atom. The Hall–Kier alpha value is -2.13. The molecule has 0 fully saturated rings. The molecule has 1 aromatic rings. The topological polar surface area (TPSA) is 27.6 Å². The van der Waals surface area contributed by atoms with Crippen molar-refractivity contribution in [2.75, 3.05) is 38.6 Å². The fourth-order valence-corrected chi connectivity index (χ4v) is 2.04. The van der Waals surface area contributed by atoms with Crippen LogP contribution in [0, 0.1) is 0 Å². The standard InChI is InChI=1S/C20H29N3/c1-4-22-17-9-7-5-6-8-11-19-12-14-20(15-13-19)23(3)18-10-16-21-2/h5-9,11-15,17,21H,4,10,16,18H2,1-3H3/b6-5+,9-7-,11-8+,22-17?. The molecule has 0 aliphatic rings. The zero-order valence-corrected chi connectivity index (χ0v) is 14.6. The van der Waals surface area contributed by atoms with Gasteiger partial charge in [0.2, 0.25) is 0 Å². The highest BCUT2D eigenvalue weighted by atomic mass is 15.1. The molecule has 0 spiro atoms. The highest BCUT2D eigenvalue weighted by molar-refractivity contribution is 5.71. The lowest BCUT2D eigenvalue weighted by Crippen LogP contribution is -2.22. The Morgan fingerprint density at radius 2 is 1.74 bits per heavy atom. The second-order valence-electron chi connectivity index (χ2n) is 5.25. The van der Waals surface area contributed by atoms with Crippen molar-refractivity contribution in [3.8, 4) is 0 Å². The van der Waals surface area contributed by atoms with Crippen LogP contribution in [0.15, 0.2) is 59.6 Å². The Labute approximate surface area is 141 Å². The van der Waals surface area contributed by atoms with Crippen molar-refractivity contribution in [3.05, 3.63) is 60.2 Å². The van der Waals surface area contributed by atoms with Gasteiger partial charge in [0, 0.05) is 32.0 Å². The van der Waals surface area contributed by atoms with Crippen LogP contribution in [0.1, 0.15) is 18.9 Å². The number of rotatable bonds is 10. The van der Waals surface area contributed by atoms with Crippen molar-refractivity contribution >= 4 is 18.0 Å². The van der Waals surface area contributed by atoms with Crippen molar-refractivity contribution in [2.24, 2.45) is 4.99 Å². The summed E-state index contributed by atoms with van der Waals surface area (Å²) in [5, 5.41) is 3.18. The zero-order chi connectivity index (χ0) is 16.8. The summed E-state index contributed by atoms with van der Waals surface area (Å²) >= 11 is 0. The third kappa shape index (κ3) is 8.79. The molecule has 0 aliphatic carbocycles. The van der Waals surface area contributed by atoms with E-state index in [1.165, 1.54) is 11.3 Å². The Balaban J connectivity index is 2.44. The van der Waals surface area contributed by atoms with Crippen LogP contribution in [0.5, 0.6) is 0 Å². The van der Waals surface area contributed by atoms with E-state index in [1.807, 2.05) is 50.6 Å². The SMILES string of the molecule is CCN=C\C=C/C=C/C=C/c1ccc(N(C)CCCNC)cc1. The summed E-state index contributed by atoms with van der Waals surface area (Å²) in [6.07, 6.45) is 15.1. The van der Waals surface area contributed by atoms with Gasteiger partial charge in [0.05, 0.1) is 0 Å². The van der Waals surface area contributed by atoms with Crippen LogP contribution in [0.3, 0.4) is 0 Å². The average Bonchev–Trinajstić information content (AvgIpc) is 2.58. The molecule has 3 heteroatoms. The zero-order valence-electron chi connectivity index (χ0n) is 14.6. The van der Waals surface area contributed by atoms with Gasteiger partial charge in [-0.25, -0.2) is 0 Å². The molecule has 0 bridgehead atoms. The first kappa shape index (κ1) is 18.9. The van der Waals surface area contributed by atoms with Crippen molar-refractivity contribution in [1.82, 2.24) is 5.32 Å². The fourth-order valence-electron chi connectivity index (χ4n) is 2.04. The molecule has 0 radical (unpaired) electrons. The molecule has 0 saturated heterocycles. The van der Waals surface area contributed by atoms with Gasteiger partial charge < -0.3 is 10.2 Å². The molecule has 23 heavy (non-hydrogen) atoms. The normalized spacial score (nSPS) is 12.3. The highest BCUT2D eigenvalue weighted by Gasteiger charge is 1.99. The molecular weight excluding hydrogens is 282 g/mol. The highest BCUT2D eigenvalue weighted by Crippen LogP contribution is 2.14. The minimum absolute atomic E-state index is 0.828. The van der Waals surface area contributed by atoms with Gasteiger partial charge >= 0.3 is 0 Å². The van der Waals surface area contributed by atoms with E-state index in [-0.39, 0.29) is 0 Å². The van der Waals surface area contributed by atoms with Crippen LogP contribution in [0.2, 0.25) is 0 Å². The van der Waals surface area contributed by atoms with Crippen LogP contribution in [-0.2, 0) is 0 Å². The Morgan fingerprint density at radius 3 is 2.43 bits per heavy atom. The first-order valence-corrected chi connectivity index (χ1v) is 8.23. The van der Waals surface area contributed by atoms with Gasteiger partial charge in [0.25, 0.3) is 0 Å². The van der Waals surface area contributed by atoms with Gasteiger partial charge in [-0.1, -0.05) is 42.5 Å². The number of hydrogen-bond acceptors (Lipinski definition) is 3. The third-order valence-electron chi connectivity index (χ3n) is 3.36. The summed E-state index contributed by atoms with van der Waals surface area (Å²) in [6, 6.07) is 8.64. The van der Waals surface area contributed by atoms with E-state index in [9.17, 15) is 0 Å². The summed E-state index contributed by atoms with van der Waals surface area (Å²) in [6.45, 7) is 4.96. The lowest BCUT2D eigenvalue weighted by Gasteiger charge is -2.19. The smallest absolute Gasteiger partial charge is 0.0364 e. The maximum atomic E-state index is 4.11. The largest absolute Gasteiger partial charge is 0.375 e. The predicted molar refractivity (Wildman–Crippen MR) is 105 cm³/mol. The minimum Gasteiger partial charge on any atom is -0.375 e. The van der Waals surface area contributed by atoms with Crippen LogP contribution in [-0.4, -0.2) is 39.9 Å². The Kier molecular flexibility index (Phi) is 10.2. The van der Waals surface area contributed by atoms with Gasteiger partial charge in [-0.05, 0) is 50.7 Å². The third-order valence-corrected chi connectivity index (χ3v) is 3.36. The Bertz CT molecular complexity index is 524. The second kappa shape index (κ2) is 12.4. The molecule has 1 aromatic carbocycles. The molecule has 0 atom stereocenters. The molecule has 124 valence electrons. The molecule has 0 aliphatic heterocycles. The second-order valence-corrected chi connectivity index (χ2v) is 5.25. The first-order valence-electron chi connectivity index (χ1n) is 8.23. The van der Waals surface area contributed by atoms with Gasteiger partial charge in [-0.15, -0.1) is 0 Å². The van der Waals surface area contributed by atoms with Gasteiger partial charge in [-0.2, -0.15) is 0 Å². The maximum absolute atomic E-state index is 4.11. The molecular formula is C20H29N3. The van der Waals surface area contributed by atoms with E-state index in [2.05, 4.69) is 52.6 Å². The predicted octanol–water partition coefficient (Wildman–Crippen LogP) is 3.95. The molecule has 3 nitrogen and oxygen atoms in total. The summed E-state index contributed by atoms with van der Waals surface area (Å²) in [7, 11) is 4.13. The van der Waals surface area contributed by atoms with Crippen LogP contribution < -0.4 is 10.2 Å². The van der Waals surface area contributed by atoms with Gasteiger partial charge in [-0.3, -0.25) is 4.99 Å². The van der Waals surface area contributed by atoms with E-state index in [1.54, 1.807) is 0 Å². The van der Waals surface area contributed by atoms with Crippen molar-refractivity contribution < 1.29 is 0 Å². The molecule has 0 heterocycles. The number of nitrogens with zero attached hydrogens (tertiary/aromatic N) is 2. The molecule has 0 saturated carbocycles. The maximum Gasteiger partial charge on any atom is 0.0364 e. The lowest BCUT2D eigenvalue weighted by molar-refractivity contribution is 0.713. The summed E-state index contributed by atoms with van der Waals surface area (Å²) in [4.78, 5) is 6.40. The number of allylic oxidation sites excluding steroid dienone is 5. The monoisotopic (exact) mass is 311 g/mol. The van der Waals surface area contributed by atoms with E-state index < -0.39 is 0 Å². The fraction of sp³-hybridized carbons (Fsp3) is 0.350. The molecule has 0 amide bonds. The van der Waals surface area contributed by atoms with Crippen molar-refractivity contribution in [1.29, 1.82) is 0 Å². The van der Waals surface area contributed by atoms with Crippen molar-refractivity contribution in [3.63, 3.8) is 0 Å². The molecule has 1 rings (SSSR count). The summed E-state index contributed by atoms with van der Waals surface area (Å²) in [5.41, 5.74) is 2.46. The van der Waals surface area contributed by atoms with Crippen LogP contribution in [0.25, 0.3) is 6.08 Å². The quantitative estimate of drug-likeness (QED) is 0.402. The first-order chi connectivity index (χ1) is 11.3. The average molecular weight is 311 g/mol. The summed E-state index contributed by atoms with van der Waals surface area (Å²) in [5.74, 6) is 0. The van der Waals surface area contributed by atoms with E-state index in [0.29, 0.717) is 0 Å². The van der Waals surface area contributed by atoms with Gasteiger partial charge in [0.1, 0.15) is 0 Å². The van der Waals surface area contributed by atoms with Crippen LogP contribution in [0.4, 0.5) is 5.69 Å². The number of anilines is 1. The number of hydrogen-bond donors (Lipinski definition) is 1. The van der Waals surface area contributed by atoms with Crippen molar-refractivity contribution in [2.45, 2.75) is 13.3 Å². The minimum atomic E-state index is 0.828. The number of benzene rings is 1. The molecule has 0 unspecified atom stereocenters. The number of aliphatic imine (C=N–C) groups is 1. The van der Waals surface area contributed by atoms with Gasteiger partial charge in [0.15, 0.2) is 0 Å².